The van der Waals surface area contributed by atoms with Crippen LogP contribution in [0.4, 0.5) is 0 Å². The van der Waals surface area contributed by atoms with E-state index in [-0.39, 0.29) is 35.6 Å². The van der Waals surface area contributed by atoms with Crippen LogP contribution >= 0.6 is 0 Å². The number of phenolic OH excluding ortho intramolecular Hbond substituents is 1. The molecule has 1 aromatic carbocycles. The van der Waals surface area contributed by atoms with Crippen LogP contribution < -0.4 is 0 Å². The van der Waals surface area contributed by atoms with Gasteiger partial charge in [0.05, 0.1) is 12.8 Å². The topological polar surface area (TPSA) is 65.3 Å². The molecular formula is C20H21N2O3+. The van der Waals surface area contributed by atoms with Crippen molar-refractivity contribution in [2.75, 3.05) is 7.11 Å². The lowest BCUT2D eigenvalue weighted by Crippen LogP contribution is -2.57. The number of ether oxygens (including phenoxy) is 1. The Kier molecular flexibility index (Phi) is 2.94. The summed E-state index contributed by atoms with van der Waals surface area (Å²) < 4.78 is 7.50. The summed E-state index contributed by atoms with van der Waals surface area (Å²) in [5, 5.41) is 11.0. The van der Waals surface area contributed by atoms with Crippen molar-refractivity contribution in [2.24, 2.45) is 11.8 Å². The highest BCUT2D eigenvalue weighted by Gasteiger charge is 2.58. The molecular weight excluding hydrogens is 316 g/mol. The normalized spacial score (nSPS) is 31.1. The summed E-state index contributed by atoms with van der Waals surface area (Å²) in [7, 11) is 1.48. The number of methoxy groups -OCH3 is 1. The summed E-state index contributed by atoms with van der Waals surface area (Å²) >= 11 is 0. The molecule has 0 spiro atoms. The Hall–Kier alpha value is -2.56. The number of nitrogens with zero attached hydrogens (tertiary/aromatic N) is 1. The highest BCUT2D eigenvalue weighted by atomic mass is 16.5. The standard InChI is InChI=1S/C20H20N2O3/c1-3-10-9-22-16-8-14-13-6-11(23)4-5-15(13)21-19(14)17(22)7-12(10)18(16)20(24)25-2/h3-6,9,12,16-18,21H,7-8H2,1-2H3/p+1/b10-3-/t12-,16+,17+,18+/m1/s1. The molecule has 1 fully saturated rings. The van der Waals surface area contributed by atoms with Gasteiger partial charge in [-0.1, -0.05) is 6.08 Å². The quantitative estimate of drug-likeness (QED) is 0.621. The molecule has 5 heterocycles. The fourth-order valence-corrected chi connectivity index (χ4v) is 5.21. The average molecular weight is 337 g/mol. The van der Waals surface area contributed by atoms with Gasteiger partial charge in [-0.05, 0) is 30.7 Å². The van der Waals surface area contributed by atoms with E-state index in [1.807, 2.05) is 19.1 Å². The van der Waals surface area contributed by atoms with E-state index in [1.165, 1.54) is 23.9 Å². The van der Waals surface area contributed by atoms with E-state index >= 15 is 0 Å². The molecule has 4 atom stereocenters. The third kappa shape index (κ3) is 1.84. The van der Waals surface area contributed by atoms with Crippen LogP contribution in [0.25, 0.3) is 10.9 Å². The van der Waals surface area contributed by atoms with Crippen molar-refractivity contribution in [1.82, 2.24) is 4.98 Å². The Bertz CT molecular complexity index is 969. The zero-order valence-electron chi connectivity index (χ0n) is 14.3. The number of fused-ring (bicyclic) bond motifs is 4. The Morgan fingerprint density at radius 1 is 1.44 bits per heavy atom. The maximum Gasteiger partial charge on any atom is 0.316 e. The van der Waals surface area contributed by atoms with E-state index in [2.05, 4.69) is 21.9 Å². The molecule has 128 valence electrons. The van der Waals surface area contributed by atoms with Gasteiger partial charge < -0.3 is 14.8 Å². The summed E-state index contributed by atoms with van der Waals surface area (Å²) in [5.74, 6) is 0.245. The minimum absolute atomic E-state index is 0.114. The number of phenols is 1. The number of esters is 1. The molecule has 5 heteroatoms. The van der Waals surface area contributed by atoms with Crippen LogP contribution in [-0.2, 0) is 16.0 Å². The number of allylic oxidation sites excluding steroid dienone is 2. The first-order chi connectivity index (χ1) is 12.1. The number of nitrogens with one attached hydrogen (secondary N) is 1. The molecule has 0 radical (unpaired) electrons. The molecule has 4 bridgehead atoms. The van der Waals surface area contributed by atoms with Crippen molar-refractivity contribution in [3.8, 4) is 5.75 Å². The van der Waals surface area contributed by atoms with Crippen LogP contribution in [0.5, 0.6) is 5.75 Å². The van der Waals surface area contributed by atoms with Crippen molar-refractivity contribution in [2.45, 2.75) is 31.8 Å². The molecule has 4 aliphatic rings. The highest BCUT2D eigenvalue weighted by molar-refractivity contribution is 5.88. The van der Waals surface area contributed by atoms with E-state index in [4.69, 9.17) is 4.74 Å². The molecule has 6 rings (SSSR count). The molecule has 0 saturated carbocycles. The molecule has 2 aromatic rings. The molecule has 1 aromatic heterocycles. The fourth-order valence-electron chi connectivity index (χ4n) is 5.21. The van der Waals surface area contributed by atoms with Gasteiger partial charge in [0, 0.05) is 35.2 Å². The summed E-state index contributed by atoms with van der Waals surface area (Å²) in [6, 6.07) is 5.85. The number of carbonyl (C=O) groups excluding carboxylic acids is 1. The van der Waals surface area contributed by atoms with Crippen molar-refractivity contribution >= 4 is 23.1 Å². The van der Waals surface area contributed by atoms with Gasteiger partial charge in [0.25, 0.3) is 0 Å². The van der Waals surface area contributed by atoms with E-state index in [9.17, 15) is 9.90 Å². The maximum atomic E-state index is 12.5. The number of benzene rings is 1. The number of carbonyl (C=O) groups is 1. The number of piperidine rings is 1. The minimum atomic E-state index is -0.132. The smallest absolute Gasteiger partial charge is 0.316 e. The van der Waals surface area contributed by atoms with Crippen LogP contribution in [-0.4, -0.2) is 40.0 Å². The molecule has 25 heavy (non-hydrogen) atoms. The summed E-state index contributed by atoms with van der Waals surface area (Å²) in [4.78, 5) is 16.1. The van der Waals surface area contributed by atoms with E-state index in [0.29, 0.717) is 0 Å². The number of aromatic nitrogens is 1. The lowest BCUT2D eigenvalue weighted by molar-refractivity contribution is -0.634. The lowest BCUT2D eigenvalue weighted by Gasteiger charge is -2.44. The van der Waals surface area contributed by atoms with Gasteiger partial charge in [0.15, 0.2) is 18.3 Å². The maximum absolute atomic E-state index is 12.5. The molecule has 0 unspecified atom stereocenters. The number of H-pyrrole nitrogens is 1. The van der Waals surface area contributed by atoms with Gasteiger partial charge in [0.2, 0.25) is 0 Å². The number of hydrogen-bond donors (Lipinski definition) is 2. The zero-order chi connectivity index (χ0) is 17.3. The van der Waals surface area contributed by atoms with Gasteiger partial charge in [-0.2, -0.15) is 0 Å². The van der Waals surface area contributed by atoms with Gasteiger partial charge in [-0.3, -0.25) is 4.79 Å². The second-order valence-electron chi connectivity index (χ2n) is 7.29. The first-order valence-electron chi connectivity index (χ1n) is 8.82. The SMILES string of the molecule is C/C=C1/C=[N+]2[C@H]3C[C@H]1[C@H](C(=O)OC)[C@@H]2Cc1c3[nH]c2ccc(O)cc12. The highest BCUT2D eigenvalue weighted by Crippen LogP contribution is 2.51. The van der Waals surface area contributed by atoms with Gasteiger partial charge in [0.1, 0.15) is 11.7 Å². The van der Waals surface area contributed by atoms with Crippen LogP contribution in [0, 0.1) is 11.8 Å². The number of rotatable bonds is 1. The molecule has 0 aliphatic carbocycles. The Morgan fingerprint density at radius 3 is 3.04 bits per heavy atom. The van der Waals surface area contributed by atoms with Gasteiger partial charge >= 0.3 is 5.97 Å². The third-order valence-corrected chi connectivity index (χ3v) is 6.27. The zero-order valence-corrected chi connectivity index (χ0v) is 14.3. The Morgan fingerprint density at radius 2 is 2.28 bits per heavy atom. The second kappa shape index (κ2) is 4.97. The van der Waals surface area contributed by atoms with Gasteiger partial charge in [-0.15, -0.1) is 0 Å². The summed E-state index contributed by atoms with van der Waals surface area (Å²) in [6.45, 7) is 2.04. The predicted octanol–water partition coefficient (Wildman–Crippen LogP) is 2.69. The largest absolute Gasteiger partial charge is 0.508 e. The van der Waals surface area contributed by atoms with E-state index < -0.39 is 0 Å². The third-order valence-electron chi connectivity index (χ3n) is 6.27. The Balaban J connectivity index is 1.72. The predicted molar refractivity (Wildman–Crippen MR) is 93.9 cm³/mol. The lowest BCUT2D eigenvalue weighted by atomic mass is 9.66. The van der Waals surface area contributed by atoms with E-state index in [0.717, 1.165) is 23.7 Å². The van der Waals surface area contributed by atoms with Crippen molar-refractivity contribution < 1.29 is 19.2 Å². The molecule has 2 N–H and O–H groups in total. The number of aromatic hydroxyl groups is 1. The first-order valence-corrected chi connectivity index (χ1v) is 8.82. The molecule has 1 saturated heterocycles. The van der Waals surface area contributed by atoms with Gasteiger partial charge in [-0.25, -0.2) is 4.58 Å². The molecule has 5 nitrogen and oxygen atoms in total. The van der Waals surface area contributed by atoms with Crippen molar-refractivity contribution in [3.63, 3.8) is 0 Å². The average Bonchev–Trinajstić information content (AvgIpc) is 2.98. The Labute approximate surface area is 145 Å². The van der Waals surface area contributed by atoms with Crippen molar-refractivity contribution in [3.05, 3.63) is 41.1 Å². The molecule has 0 amide bonds. The number of hydrogen-bond acceptors (Lipinski definition) is 3. The summed E-state index contributed by atoms with van der Waals surface area (Å²) in [6.07, 6.45) is 6.05. The van der Waals surface area contributed by atoms with Crippen LogP contribution in [0.15, 0.2) is 29.8 Å². The minimum Gasteiger partial charge on any atom is -0.508 e. The first kappa shape index (κ1) is 14.8. The van der Waals surface area contributed by atoms with Crippen molar-refractivity contribution in [1.29, 1.82) is 0 Å². The van der Waals surface area contributed by atoms with Crippen LogP contribution in [0.2, 0.25) is 0 Å². The van der Waals surface area contributed by atoms with Crippen LogP contribution in [0.1, 0.15) is 30.6 Å². The second-order valence-corrected chi connectivity index (χ2v) is 7.29. The van der Waals surface area contributed by atoms with E-state index in [1.54, 1.807) is 6.07 Å². The monoisotopic (exact) mass is 337 g/mol. The number of aromatic amines is 1. The molecule has 4 aliphatic heterocycles. The fraction of sp³-hybridized carbons (Fsp3) is 0.400. The van der Waals surface area contributed by atoms with Crippen LogP contribution in [0.3, 0.4) is 0 Å². The summed E-state index contributed by atoms with van der Waals surface area (Å²) in [5.41, 5.74) is 4.76.